The minimum Gasteiger partial charge on any atom is -0.486 e. The fraction of sp³-hybridized carbons (Fsp3) is 0.300. The lowest BCUT2D eigenvalue weighted by molar-refractivity contribution is -0.117. The van der Waals surface area contributed by atoms with Crippen LogP contribution in [0.15, 0.2) is 48.5 Å². The van der Waals surface area contributed by atoms with E-state index >= 15 is 0 Å². The lowest BCUT2D eigenvalue weighted by Gasteiger charge is -2.30. The highest BCUT2D eigenvalue weighted by Crippen LogP contribution is 2.31. The largest absolute Gasteiger partial charge is 0.486 e. The molecule has 1 atom stereocenters. The molecular formula is C20H23N3O4. The third kappa shape index (κ3) is 4.77. The van der Waals surface area contributed by atoms with E-state index in [2.05, 4.69) is 5.32 Å². The molecule has 0 aromatic heterocycles. The lowest BCUT2D eigenvalue weighted by atomic mass is 10.1. The Hall–Kier alpha value is -3.06. The number of anilines is 1. The molecule has 1 aliphatic rings. The number of fused-ring (bicyclic) bond motifs is 1. The number of likely N-dealkylation sites (N-methyl/N-ethyl adjacent to an activating group) is 1. The molecule has 27 heavy (non-hydrogen) atoms. The number of hydrogen-bond donors (Lipinski definition) is 2. The van der Waals surface area contributed by atoms with Crippen LogP contribution in [0.1, 0.15) is 17.3 Å². The molecular weight excluding hydrogens is 346 g/mol. The van der Waals surface area contributed by atoms with Gasteiger partial charge in [-0.15, -0.1) is 0 Å². The molecule has 3 N–H and O–H groups in total. The Morgan fingerprint density at radius 1 is 1.15 bits per heavy atom. The second-order valence-electron chi connectivity index (χ2n) is 6.28. The van der Waals surface area contributed by atoms with Crippen LogP contribution in [0.2, 0.25) is 0 Å². The summed E-state index contributed by atoms with van der Waals surface area (Å²) in [7, 11) is 0. The van der Waals surface area contributed by atoms with Crippen LogP contribution in [-0.2, 0) is 4.79 Å². The fourth-order valence-electron chi connectivity index (χ4n) is 2.95. The smallest absolute Gasteiger partial charge is 0.250 e. The van der Waals surface area contributed by atoms with Crippen molar-refractivity contribution < 1.29 is 19.1 Å². The van der Waals surface area contributed by atoms with Crippen LogP contribution < -0.4 is 20.5 Å². The van der Waals surface area contributed by atoms with Gasteiger partial charge in [0.25, 0.3) is 5.91 Å². The van der Waals surface area contributed by atoms with E-state index in [0.717, 1.165) is 5.75 Å². The number of benzene rings is 2. The predicted octanol–water partition coefficient (Wildman–Crippen LogP) is 1.89. The molecule has 0 fully saturated rings. The third-order valence-corrected chi connectivity index (χ3v) is 4.31. The molecule has 142 valence electrons. The molecule has 0 saturated carbocycles. The molecule has 7 nitrogen and oxygen atoms in total. The van der Waals surface area contributed by atoms with Crippen LogP contribution in [-0.4, -0.2) is 49.1 Å². The number of para-hydroxylation sites is 3. The predicted molar refractivity (Wildman–Crippen MR) is 102 cm³/mol. The van der Waals surface area contributed by atoms with Crippen molar-refractivity contribution in [3.8, 4) is 11.5 Å². The zero-order chi connectivity index (χ0) is 19.2. The van der Waals surface area contributed by atoms with Gasteiger partial charge in [-0.05, 0) is 30.8 Å². The number of hydrogen-bond acceptors (Lipinski definition) is 5. The average molecular weight is 369 g/mol. The normalized spacial score (nSPS) is 15.4. The van der Waals surface area contributed by atoms with Gasteiger partial charge in [0.1, 0.15) is 12.7 Å². The molecule has 0 aliphatic carbocycles. The first-order chi connectivity index (χ1) is 13.1. The Morgan fingerprint density at radius 2 is 1.85 bits per heavy atom. The number of nitrogens with zero attached hydrogens (tertiary/aromatic N) is 1. The summed E-state index contributed by atoms with van der Waals surface area (Å²) in [4.78, 5) is 25.9. The van der Waals surface area contributed by atoms with Crippen molar-refractivity contribution in [2.75, 3.05) is 31.6 Å². The number of ether oxygens (including phenoxy) is 2. The van der Waals surface area contributed by atoms with E-state index in [1.54, 1.807) is 24.3 Å². The van der Waals surface area contributed by atoms with Crippen LogP contribution >= 0.6 is 0 Å². The molecule has 0 spiro atoms. The number of primary amides is 1. The van der Waals surface area contributed by atoms with Crippen LogP contribution in [0.25, 0.3) is 0 Å². The quantitative estimate of drug-likeness (QED) is 0.777. The first kappa shape index (κ1) is 18.7. The van der Waals surface area contributed by atoms with E-state index in [1.165, 1.54) is 0 Å². The van der Waals surface area contributed by atoms with Gasteiger partial charge in [0.2, 0.25) is 5.91 Å². The Labute approximate surface area is 158 Å². The second kappa shape index (κ2) is 8.55. The molecule has 0 radical (unpaired) electrons. The molecule has 0 saturated heterocycles. The monoisotopic (exact) mass is 369 g/mol. The zero-order valence-electron chi connectivity index (χ0n) is 15.2. The van der Waals surface area contributed by atoms with Crippen molar-refractivity contribution in [3.63, 3.8) is 0 Å². The van der Waals surface area contributed by atoms with Gasteiger partial charge in [0, 0.05) is 6.54 Å². The molecule has 0 bridgehead atoms. The Bertz CT molecular complexity index is 824. The highest BCUT2D eigenvalue weighted by molar-refractivity contribution is 6.03. The second-order valence-corrected chi connectivity index (χ2v) is 6.28. The number of carbonyl (C=O) groups is 2. The highest BCUT2D eigenvalue weighted by atomic mass is 16.6. The van der Waals surface area contributed by atoms with Crippen LogP contribution in [0.5, 0.6) is 11.5 Å². The van der Waals surface area contributed by atoms with E-state index < -0.39 is 5.91 Å². The van der Waals surface area contributed by atoms with Crippen molar-refractivity contribution in [2.24, 2.45) is 5.73 Å². The van der Waals surface area contributed by atoms with Crippen LogP contribution in [0.4, 0.5) is 5.69 Å². The van der Waals surface area contributed by atoms with Gasteiger partial charge in [-0.25, -0.2) is 0 Å². The summed E-state index contributed by atoms with van der Waals surface area (Å²) in [5, 5.41) is 2.76. The summed E-state index contributed by atoms with van der Waals surface area (Å²) in [5.41, 5.74) is 6.05. The molecule has 2 aromatic carbocycles. The Morgan fingerprint density at radius 3 is 2.59 bits per heavy atom. The van der Waals surface area contributed by atoms with Gasteiger partial charge in [-0.3, -0.25) is 14.5 Å². The molecule has 2 aromatic rings. The number of nitrogens with one attached hydrogen (secondary N) is 1. The number of carbonyl (C=O) groups excluding carboxylic acids is 2. The van der Waals surface area contributed by atoms with Crippen molar-refractivity contribution >= 4 is 17.5 Å². The van der Waals surface area contributed by atoms with E-state index in [4.69, 9.17) is 15.2 Å². The average Bonchev–Trinajstić information content (AvgIpc) is 2.67. The topological polar surface area (TPSA) is 93.9 Å². The van der Waals surface area contributed by atoms with Gasteiger partial charge in [-0.1, -0.05) is 31.2 Å². The summed E-state index contributed by atoms with van der Waals surface area (Å²) in [5.74, 6) is 0.648. The molecule has 2 amide bonds. The maximum Gasteiger partial charge on any atom is 0.250 e. The summed E-state index contributed by atoms with van der Waals surface area (Å²) in [6.45, 7) is 3.80. The molecule has 3 rings (SSSR count). The first-order valence-electron chi connectivity index (χ1n) is 8.86. The SMILES string of the molecule is CCN(CC(=O)Nc1ccccc1C(N)=O)C[C@@H]1COc2ccccc2O1. The Balaban J connectivity index is 1.58. The van der Waals surface area contributed by atoms with Gasteiger partial charge >= 0.3 is 0 Å². The van der Waals surface area contributed by atoms with E-state index in [-0.39, 0.29) is 24.1 Å². The molecule has 0 unspecified atom stereocenters. The summed E-state index contributed by atoms with van der Waals surface area (Å²) in [6, 6.07) is 14.2. The zero-order valence-corrected chi connectivity index (χ0v) is 15.2. The van der Waals surface area contributed by atoms with Crippen LogP contribution in [0, 0.1) is 0 Å². The van der Waals surface area contributed by atoms with E-state index in [9.17, 15) is 9.59 Å². The lowest BCUT2D eigenvalue weighted by Crippen LogP contribution is -2.43. The summed E-state index contributed by atoms with van der Waals surface area (Å²) < 4.78 is 11.7. The maximum atomic E-state index is 12.4. The number of rotatable bonds is 7. The van der Waals surface area contributed by atoms with Gasteiger partial charge < -0.3 is 20.5 Å². The minimum atomic E-state index is -0.579. The molecule has 7 heteroatoms. The fourth-order valence-corrected chi connectivity index (χ4v) is 2.95. The molecule has 1 heterocycles. The highest BCUT2D eigenvalue weighted by Gasteiger charge is 2.23. The van der Waals surface area contributed by atoms with Gasteiger partial charge in [0.15, 0.2) is 11.5 Å². The third-order valence-electron chi connectivity index (χ3n) is 4.31. The Kier molecular flexibility index (Phi) is 5.93. The van der Waals surface area contributed by atoms with Gasteiger partial charge in [0.05, 0.1) is 17.8 Å². The first-order valence-corrected chi connectivity index (χ1v) is 8.86. The summed E-state index contributed by atoms with van der Waals surface area (Å²) in [6.07, 6.45) is -0.162. The minimum absolute atomic E-state index is 0.162. The van der Waals surface area contributed by atoms with Crippen molar-refractivity contribution in [1.29, 1.82) is 0 Å². The summed E-state index contributed by atoms with van der Waals surface area (Å²) >= 11 is 0. The van der Waals surface area contributed by atoms with Crippen LogP contribution in [0.3, 0.4) is 0 Å². The van der Waals surface area contributed by atoms with E-state index in [1.807, 2.05) is 36.1 Å². The maximum absolute atomic E-state index is 12.4. The number of nitrogens with two attached hydrogens (primary N) is 1. The molecule has 1 aliphatic heterocycles. The van der Waals surface area contributed by atoms with Crippen molar-refractivity contribution in [1.82, 2.24) is 4.90 Å². The number of amides is 2. The van der Waals surface area contributed by atoms with Crippen molar-refractivity contribution in [3.05, 3.63) is 54.1 Å². The van der Waals surface area contributed by atoms with E-state index in [0.29, 0.717) is 31.1 Å². The van der Waals surface area contributed by atoms with Crippen molar-refractivity contribution in [2.45, 2.75) is 13.0 Å². The standard InChI is InChI=1S/C20H23N3O4/c1-2-23(11-14-13-26-17-9-5-6-10-18(17)27-14)12-19(24)22-16-8-4-3-7-15(16)20(21)25/h3-10,14H,2,11-13H2,1H3,(H2,21,25)(H,22,24)/t14-/m1/s1. The van der Waals surface area contributed by atoms with Gasteiger partial charge in [-0.2, -0.15) is 0 Å².